The van der Waals surface area contributed by atoms with Crippen LogP contribution in [0.3, 0.4) is 0 Å². The zero-order chi connectivity index (χ0) is 16.5. The summed E-state index contributed by atoms with van der Waals surface area (Å²) in [5, 5.41) is 4.93. The third kappa shape index (κ3) is 3.24. The number of halogens is 1. The molecule has 0 atom stereocenters. The second-order valence-electron chi connectivity index (χ2n) is 6.21. The van der Waals surface area contributed by atoms with Gasteiger partial charge in [-0.1, -0.05) is 23.7 Å². The maximum atomic E-state index is 6.43. The average molecular weight is 359 g/mol. The molecule has 2 aromatic heterocycles. The first-order chi connectivity index (χ1) is 11.7. The Hall–Kier alpha value is -1.69. The second kappa shape index (κ2) is 6.67. The molecule has 0 unspecified atom stereocenters. The van der Waals surface area contributed by atoms with Crippen molar-refractivity contribution in [3.63, 3.8) is 0 Å². The van der Waals surface area contributed by atoms with Gasteiger partial charge in [0.2, 0.25) is 0 Å². The lowest BCUT2D eigenvalue weighted by molar-refractivity contribution is 0.249. The van der Waals surface area contributed by atoms with Gasteiger partial charge in [-0.2, -0.15) is 0 Å². The molecule has 124 valence electrons. The van der Waals surface area contributed by atoms with Crippen molar-refractivity contribution >= 4 is 39.0 Å². The van der Waals surface area contributed by atoms with Gasteiger partial charge in [-0.05, 0) is 24.6 Å². The van der Waals surface area contributed by atoms with E-state index in [0.717, 1.165) is 54.3 Å². The smallest absolute Gasteiger partial charge is 0.185 e. The molecule has 3 aromatic rings. The third-order valence-corrected chi connectivity index (χ3v) is 5.61. The van der Waals surface area contributed by atoms with Crippen molar-refractivity contribution in [1.82, 2.24) is 14.9 Å². The van der Waals surface area contributed by atoms with Gasteiger partial charge in [0.15, 0.2) is 5.13 Å². The van der Waals surface area contributed by atoms with E-state index in [2.05, 4.69) is 51.0 Å². The van der Waals surface area contributed by atoms with Crippen LogP contribution in [-0.2, 0) is 6.54 Å². The average Bonchev–Trinajstić information content (AvgIpc) is 3.11. The topological polar surface area (TPSA) is 32.3 Å². The lowest BCUT2D eigenvalue weighted by Crippen LogP contribution is -2.46. The Bertz CT molecular complexity index is 842. The van der Waals surface area contributed by atoms with E-state index in [4.69, 9.17) is 11.6 Å². The zero-order valence-electron chi connectivity index (χ0n) is 13.6. The summed E-state index contributed by atoms with van der Waals surface area (Å²) in [7, 11) is 0. The number of pyridine rings is 1. The first-order valence-electron chi connectivity index (χ1n) is 8.11. The van der Waals surface area contributed by atoms with E-state index in [1.807, 2.05) is 11.6 Å². The Morgan fingerprint density at radius 2 is 2.00 bits per heavy atom. The summed E-state index contributed by atoms with van der Waals surface area (Å²) in [6.07, 6.45) is 1.87. The van der Waals surface area contributed by atoms with Crippen molar-refractivity contribution in [3.8, 4) is 0 Å². The van der Waals surface area contributed by atoms with Crippen LogP contribution in [0.5, 0.6) is 0 Å². The largest absolute Gasteiger partial charge is 0.346 e. The number of rotatable bonds is 3. The molecule has 0 bridgehead atoms. The quantitative estimate of drug-likeness (QED) is 0.663. The summed E-state index contributed by atoms with van der Waals surface area (Å²) in [4.78, 5) is 13.8. The van der Waals surface area contributed by atoms with Crippen LogP contribution in [0, 0.1) is 6.92 Å². The number of benzene rings is 1. The fourth-order valence-electron chi connectivity index (χ4n) is 3.12. The molecule has 1 saturated heterocycles. The molecule has 0 saturated carbocycles. The molecule has 1 aliphatic rings. The number of thiazole rings is 1. The van der Waals surface area contributed by atoms with Crippen molar-refractivity contribution in [2.45, 2.75) is 13.5 Å². The Labute approximate surface area is 150 Å². The minimum atomic E-state index is 0.621. The van der Waals surface area contributed by atoms with E-state index in [1.165, 1.54) is 5.56 Å². The van der Waals surface area contributed by atoms with Crippen molar-refractivity contribution in [1.29, 1.82) is 0 Å². The standard InChI is InChI=1S/C18H19ClN4S/c1-13-2-3-14-11-15(17(19)21-16(14)10-13)12-22-5-7-23(8-6-22)18-20-4-9-24-18/h2-4,9-11H,5-8,12H2,1H3. The molecule has 3 heterocycles. The Morgan fingerprint density at radius 3 is 2.75 bits per heavy atom. The van der Waals surface area contributed by atoms with Crippen LogP contribution >= 0.6 is 22.9 Å². The van der Waals surface area contributed by atoms with Crippen LogP contribution in [0.2, 0.25) is 5.15 Å². The highest BCUT2D eigenvalue weighted by atomic mass is 35.5. The highest BCUT2D eigenvalue weighted by molar-refractivity contribution is 7.13. The Balaban J connectivity index is 1.47. The summed E-state index contributed by atoms with van der Waals surface area (Å²) in [6, 6.07) is 8.50. The van der Waals surface area contributed by atoms with Crippen molar-refractivity contribution in [2.75, 3.05) is 31.1 Å². The van der Waals surface area contributed by atoms with Gasteiger partial charge in [-0.25, -0.2) is 9.97 Å². The van der Waals surface area contributed by atoms with Crippen LogP contribution in [0.25, 0.3) is 10.9 Å². The monoisotopic (exact) mass is 358 g/mol. The van der Waals surface area contributed by atoms with Crippen LogP contribution in [0.15, 0.2) is 35.8 Å². The molecular weight excluding hydrogens is 340 g/mol. The predicted octanol–water partition coefficient (Wildman–Crippen LogP) is 3.98. The summed E-state index contributed by atoms with van der Waals surface area (Å²) in [5.74, 6) is 0. The van der Waals surface area contributed by atoms with Crippen molar-refractivity contribution < 1.29 is 0 Å². The number of aromatic nitrogens is 2. The predicted molar refractivity (Wildman–Crippen MR) is 101 cm³/mol. The molecule has 4 rings (SSSR count). The molecule has 4 nitrogen and oxygen atoms in total. The molecule has 0 N–H and O–H groups in total. The van der Waals surface area contributed by atoms with Crippen LogP contribution in [0.1, 0.15) is 11.1 Å². The lowest BCUT2D eigenvalue weighted by atomic mass is 10.1. The highest BCUT2D eigenvalue weighted by Crippen LogP contribution is 2.24. The summed E-state index contributed by atoms with van der Waals surface area (Å²) in [5.41, 5.74) is 3.28. The maximum absolute atomic E-state index is 6.43. The number of fused-ring (bicyclic) bond motifs is 1. The number of anilines is 1. The number of piperazine rings is 1. The number of hydrogen-bond donors (Lipinski definition) is 0. The van der Waals surface area contributed by atoms with Gasteiger partial charge in [-0.3, -0.25) is 4.90 Å². The third-order valence-electron chi connectivity index (χ3n) is 4.46. The Morgan fingerprint density at radius 1 is 1.17 bits per heavy atom. The van der Waals surface area contributed by atoms with E-state index in [0.29, 0.717) is 5.15 Å². The summed E-state index contributed by atoms with van der Waals surface area (Å²) in [6.45, 7) is 6.96. The van der Waals surface area contributed by atoms with Crippen LogP contribution in [-0.4, -0.2) is 41.0 Å². The van der Waals surface area contributed by atoms with Crippen LogP contribution < -0.4 is 4.90 Å². The highest BCUT2D eigenvalue weighted by Gasteiger charge is 2.19. The zero-order valence-corrected chi connectivity index (χ0v) is 15.1. The maximum Gasteiger partial charge on any atom is 0.185 e. The minimum Gasteiger partial charge on any atom is -0.346 e. The molecule has 1 fully saturated rings. The molecular formula is C18H19ClN4S. The molecule has 0 aliphatic carbocycles. The molecule has 0 radical (unpaired) electrons. The minimum absolute atomic E-state index is 0.621. The summed E-state index contributed by atoms with van der Waals surface area (Å²) < 4.78 is 0. The molecule has 1 aliphatic heterocycles. The molecule has 1 aromatic carbocycles. The van der Waals surface area contributed by atoms with Gasteiger partial charge in [0.05, 0.1) is 5.52 Å². The fourth-order valence-corrected chi connectivity index (χ4v) is 4.02. The van der Waals surface area contributed by atoms with Gasteiger partial charge in [-0.15, -0.1) is 11.3 Å². The number of aryl methyl sites for hydroxylation is 1. The summed E-state index contributed by atoms with van der Waals surface area (Å²) >= 11 is 8.13. The van der Waals surface area contributed by atoms with E-state index in [-0.39, 0.29) is 0 Å². The molecule has 0 amide bonds. The fraction of sp³-hybridized carbons (Fsp3) is 0.333. The van der Waals surface area contributed by atoms with Gasteiger partial charge < -0.3 is 4.90 Å². The number of hydrogen-bond acceptors (Lipinski definition) is 5. The van der Waals surface area contributed by atoms with Gasteiger partial charge >= 0.3 is 0 Å². The first-order valence-corrected chi connectivity index (χ1v) is 9.37. The van der Waals surface area contributed by atoms with Crippen molar-refractivity contribution in [2.24, 2.45) is 0 Å². The molecule has 6 heteroatoms. The molecule has 24 heavy (non-hydrogen) atoms. The Kier molecular flexibility index (Phi) is 4.39. The lowest BCUT2D eigenvalue weighted by Gasteiger charge is -2.34. The van der Waals surface area contributed by atoms with E-state index >= 15 is 0 Å². The van der Waals surface area contributed by atoms with E-state index in [1.54, 1.807) is 11.3 Å². The first kappa shape index (κ1) is 15.8. The molecule has 0 spiro atoms. The van der Waals surface area contributed by atoms with Gasteiger partial charge in [0.1, 0.15) is 5.15 Å². The van der Waals surface area contributed by atoms with Crippen molar-refractivity contribution in [3.05, 3.63) is 52.1 Å². The second-order valence-corrected chi connectivity index (χ2v) is 7.44. The van der Waals surface area contributed by atoms with E-state index < -0.39 is 0 Å². The number of nitrogens with zero attached hydrogens (tertiary/aromatic N) is 4. The normalized spacial score (nSPS) is 16.0. The SMILES string of the molecule is Cc1ccc2cc(CN3CCN(c4nccs4)CC3)c(Cl)nc2c1. The van der Waals surface area contributed by atoms with Gasteiger partial charge in [0, 0.05) is 55.3 Å². The van der Waals surface area contributed by atoms with Crippen LogP contribution in [0.4, 0.5) is 5.13 Å². The van der Waals surface area contributed by atoms with E-state index in [9.17, 15) is 0 Å². The van der Waals surface area contributed by atoms with Gasteiger partial charge in [0.25, 0.3) is 0 Å².